The van der Waals surface area contributed by atoms with Gasteiger partial charge in [0.2, 0.25) is 0 Å². The molecule has 0 N–H and O–H groups in total. The number of likely N-dealkylation sites (tertiary alicyclic amines) is 1. The van der Waals surface area contributed by atoms with Gasteiger partial charge in [0.25, 0.3) is 5.91 Å². The Balaban J connectivity index is 1.68. The number of fused-ring (bicyclic) bond motifs is 1. The van der Waals surface area contributed by atoms with Crippen LogP contribution in [0.2, 0.25) is 0 Å². The highest BCUT2D eigenvalue weighted by Gasteiger charge is 2.36. The fourth-order valence-electron chi connectivity index (χ4n) is 3.77. The van der Waals surface area contributed by atoms with Crippen LogP contribution in [0, 0.1) is 6.92 Å². The summed E-state index contributed by atoms with van der Waals surface area (Å²) < 4.78 is 5.84. The van der Waals surface area contributed by atoms with E-state index in [0.29, 0.717) is 23.5 Å². The SMILES string of the molecule is Cc1c(C(=O)N2CCC[C@@H]2c2cccs2)oc2c1C(=O)CCC2. The van der Waals surface area contributed by atoms with E-state index in [1.807, 2.05) is 23.3 Å². The number of amides is 1. The summed E-state index contributed by atoms with van der Waals surface area (Å²) in [5, 5.41) is 2.05. The summed E-state index contributed by atoms with van der Waals surface area (Å²) in [6.45, 7) is 2.59. The molecule has 1 amide bonds. The molecular formula is C18H19NO3S. The van der Waals surface area contributed by atoms with Gasteiger partial charge in [0, 0.05) is 29.8 Å². The third-order valence-corrected chi connectivity index (χ3v) is 5.86. The molecule has 23 heavy (non-hydrogen) atoms. The standard InChI is InChI=1S/C18H19NO3S/c1-11-16-13(20)6-2-7-14(16)22-17(11)18(21)19-9-3-5-12(19)15-8-4-10-23-15/h4,8,10,12H,2-3,5-7,9H2,1H3/t12-/m1/s1. The monoisotopic (exact) mass is 329 g/mol. The van der Waals surface area contributed by atoms with Crippen molar-refractivity contribution in [1.82, 2.24) is 4.90 Å². The second kappa shape index (κ2) is 5.64. The number of carbonyl (C=O) groups excluding carboxylic acids is 2. The molecule has 0 bridgehead atoms. The van der Waals surface area contributed by atoms with Gasteiger partial charge in [-0.1, -0.05) is 6.07 Å². The fraction of sp³-hybridized carbons (Fsp3) is 0.444. The molecule has 1 saturated heterocycles. The number of aryl methyl sites for hydroxylation is 1. The summed E-state index contributed by atoms with van der Waals surface area (Å²) in [5.74, 6) is 1.12. The fourth-order valence-corrected chi connectivity index (χ4v) is 4.64. The van der Waals surface area contributed by atoms with Crippen molar-refractivity contribution >= 4 is 23.0 Å². The van der Waals surface area contributed by atoms with Crippen LogP contribution in [0.5, 0.6) is 0 Å². The van der Waals surface area contributed by atoms with Crippen molar-refractivity contribution in [2.24, 2.45) is 0 Å². The minimum Gasteiger partial charge on any atom is -0.455 e. The number of hydrogen-bond donors (Lipinski definition) is 0. The molecule has 1 atom stereocenters. The van der Waals surface area contributed by atoms with Gasteiger partial charge in [-0.25, -0.2) is 0 Å². The number of Topliss-reactive ketones (excluding diaryl/α,β-unsaturated/α-hetero) is 1. The summed E-state index contributed by atoms with van der Waals surface area (Å²) in [5.41, 5.74) is 1.39. The van der Waals surface area contributed by atoms with Gasteiger partial charge < -0.3 is 9.32 Å². The van der Waals surface area contributed by atoms with Crippen molar-refractivity contribution in [3.05, 3.63) is 45.0 Å². The van der Waals surface area contributed by atoms with E-state index in [2.05, 4.69) is 6.07 Å². The number of carbonyl (C=O) groups is 2. The molecule has 0 aromatic carbocycles. The van der Waals surface area contributed by atoms with Crippen LogP contribution in [0.4, 0.5) is 0 Å². The maximum Gasteiger partial charge on any atom is 0.290 e. The smallest absolute Gasteiger partial charge is 0.290 e. The van der Waals surface area contributed by atoms with E-state index in [0.717, 1.165) is 37.8 Å². The van der Waals surface area contributed by atoms with Gasteiger partial charge in [-0.15, -0.1) is 11.3 Å². The molecule has 1 aliphatic heterocycles. The first-order chi connectivity index (χ1) is 11.2. The predicted molar refractivity (Wildman–Crippen MR) is 88.0 cm³/mol. The van der Waals surface area contributed by atoms with Crippen molar-refractivity contribution in [3.8, 4) is 0 Å². The van der Waals surface area contributed by atoms with Gasteiger partial charge in [-0.2, -0.15) is 0 Å². The van der Waals surface area contributed by atoms with Gasteiger partial charge in [0.05, 0.1) is 11.6 Å². The molecule has 0 spiro atoms. The van der Waals surface area contributed by atoms with Crippen molar-refractivity contribution < 1.29 is 14.0 Å². The Bertz CT molecular complexity index is 760. The average molecular weight is 329 g/mol. The Morgan fingerprint density at radius 2 is 2.22 bits per heavy atom. The number of ketones is 1. The molecule has 5 heteroatoms. The Hall–Kier alpha value is -1.88. The lowest BCUT2D eigenvalue weighted by molar-refractivity contribution is 0.0702. The largest absolute Gasteiger partial charge is 0.455 e. The minimum atomic E-state index is -0.0689. The first-order valence-electron chi connectivity index (χ1n) is 8.16. The average Bonchev–Trinajstić information content (AvgIpc) is 3.26. The molecule has 2 aromatic rings. The van der Waals surface area contributed by atoms with Gasteiger partial charge in [0.1, 0.15) is 5.76 Å². The number of hydrogen-bond acceptors (Lipinski definition) is 4. The lowest BCUT2D eigenvalue weighted by atomic mass is 9.94. The van der Waals surface area contributed by atoms with E-state index >= 15 is 0 Å². The zero-order chi connectivity index (χ0) is 16.0. The Kier molecular flexibility index (Phi) is 3.60. The Morgan fingerprint density at radius 3 is 2.96 bits per heavy atom. The highest BCUT2D eigenvalue weighted by Crippen LogP contribution is 2.37. The number of thiophene rings is 1. The van der Waals surface area contributed by atoms with Crippen molar-refractivity contribution in [3.63, 3.8) is 0 Å². The van der Waals surface area contributed by atoms with Gasteiger partial charge in [-0.3, -0.25) is 9.59 Å². The van der Waals surface area contributed by atoms with Gasteiger partial charge in [-0.05, 0) is 37.6 Å². The van der Waals surface area contributed by atoms with E-state index in [1.165, 1.54) is 4.88 Å². The zero-order valence-corrected chi connectivity index (χ0v) is 13.9. The van der Waals surface area contributed by atoms with Crippen LogP contribution in [0.25, 0.3) is 0 Å². The summed E-state index contributed by atoms with van der Waals surface area (Å²) in [4.78, 5) is 28.3. The molecule has 2 aliphatic rings. The van der Waals surface area contributed by atoms with Crippen molar-refractivity contribution in [2.45, 2.75) is 45.1 Å². The van der Waals surface area contributed by atoms with Gasteiger partial charge in [0.15, 0.2) is 11.5 Å². The number of nitrogens with zero attached hydrogens (tertiary/aromatic N) is 1. The molecule has 1 aliphatic carbocycles. The normalized spacial score (nSPS) is 20.8. The van der Waals surface area contributed by atoms with E-state index < -0.39 is 0 Å². The van der Waals surface area contributed by atoms with Crippen LogP contribution >= 0.6 is 11.3 Å². The highest BCUT2D eigenvalue weighted by atomic mass is 32.1. The predicted octanol–water partition coefficient (Wildman–Crippen LogP) is 4.15. The summed E-state index contributed by atoms with van der Waals surface area (Å²) >= 11 is 1.69. The van der Waals surface area contributed by atoms with Gasteiger partial charge >= 0.3 is 0 Å². The second-order valence-electron chi connectivity index (χ2n) is 6.30. The first kappa shape index (κ1) is 14.7. The second-order valence-corrected chi connectivity index (χ2v) is 7.28. The van der Waals surface area contributed by atoms with Crippen LogP contribution in [-0.4, -0.2) is 23.1 Å². The molecule has 0 radical (unpaired) electrons. The zero-order valence-electron chi connectivity index (χ0n) is 13.1. The molecule has 3 heterocycles. The third-order valence-electron chi connectivity index (χ3n) is 4.89. The molecule has 1 fully saturated rings. The molecule has 0 saturated carbocycles. The van der Waals surface area contributed by atoms with E-state index in [-0.39, 0.29) is 17.7 Å². The summed E-state index contributed by atoms with van der Waals surface area (Å²) in [6, 6.07) is 4.25. The van der Waals surface area contributed by atoms with E-state index in [1.54, 1.807) is 11.3 Å². The quantitative estimate of drug-likeness (QED) is 0.832. The van der Waals surface area contributed by atoms with Crippen LogP contribution in [-0.2, 0) is 6.42 Å². The van der Waals surface area contributed by atoms with Crippen LogP contribution < -0.4 is 0 Å². The molecule has 120 valence electrons. The first-order valence-corrected chi connectivity index (χ1v) is 9.04. The van der Waals surface area contributed by atoms with Crippen LogP contribution in [0.3, 0.4) is 0 Å². The molecule has 0 unspecified atom stereocenters. The molecule has 4 rings (SSSR count). The number of furan rings is 1. The maximum atomic E-state index is 13.0. The lowest BCUT2D eigenvalue weighted by Crippen LogP contribution is -2.30. The maximum absolute atomic E-state index is 13.0. The Labute approximate surface area is 139 Å². The number of rotatable bonds is 2. The third kappa shape index (κ3) is 2.34. The minimum absolute atomic E-state index is 0.0689. The molecule has 2 aromatic heterocycles. The molecule has 4 nitrogen and oxygen atoms in total. The Morgan fingerprint density at radius 1 is 1.35 bits per heavy atom. The summed E-state index contributed by atoms with van der Waals surface area (Å²) in [6.07, 6.45) is 4.12. The van der Waals surface area contributed by atoms with E-state index in [9.17, 15) is 9.59 Å². The van der Waals surface area contributed by atoms with Crippen molar-refractivity contribution in [1.29, 1.82) is 0 Å². The molecular weight excluding hydrogens is 310 g/mol. The lowest BCUT2D eigenvalue weighted by Gasteiger charge is -2.23. The van der Waals surface area contributed by atoms with Crippen LogP contribution in [0.15, 0.2) is 21.9 Å². The van der Waals surface area contributed by atoms with Crippen LogP contribution in [0.1, 0.15) is 68.8 Å². The van der Waals surface area contributed by atoms with Crippen molar-refractivity contribution in [2.75, 3.05) is 6.54 Å². The summed E-state index contributed by atoms with van der Waals surface area (Å²) in [7, 11) is 0. The topological polar surface area (TPSA) is 50.5 Å². The highest BCUT2D eigenvalue weighted by molar-refractivity contribution is 7.10. The van der Waals surface area contributed by atoms with E-state index in [4.69, 9.17) is 4.42 Å².